The number of amides is 1. The van der Waals surface area contributed by atoms with E-state index in [1.807, 2.05) is 19.1 Å². The largest absolute Gasteiger partial charge is 0.612 e. The van der Waals surface area contributed by atoms with Gasteiger partial charge in [0.15, 0.2) is 4.90 Å². The molecule has 0 fully saturated rings. The summed E-state index contributed by atoms with van der Waals surface area (Å²) < 4.78 is 12.5. The van der Waals surface area contributed by atoms with Gasteiger partial charge in [0.05, 0.1) is 11.4 Å². The molecule has 2 aromatic heterocycles. The Morgan fingerprint density at radius 3 is 2.67 bits per heavy atom. The summed E-state index contributed by atoms with van der Waals surface area (Å²) in [4.78, 5) is 30.0. The molecule has 8 heteroatoms. The number of nitrogens with one attached hydrogen (secondary N) is 1. The summed E-state index contributed by atoms with van der Waals surface area (Å²) >= 11 is -0.0248. The van der Waals surface area contributed by atoms with E-state index in [1.54, 1.807) is 36.7 Å². The summed E-state index contributed by atoms with van der Waals surface area (Å²) in [5.74, 6) is 0. The molecule has 6 nitrogen and oxygen atoms in total. The van der Waals surface area contributed by atoms with Crippen LogP contribution >= 0.6 is 11.5 Å². The molecule has 3 aromatic rings. The van der Waals surface area contributed by atoms with Crippen LogP contribution in [0.4, 0.5) is 4.79 Å². The number of rotatable bonds is 3. The van der Waals surface area contributed by atoms with Crippen molar-refractivity contribution >= 4 is 39.0 Å². The average Bonchev–Trinajstić information content (AvgIpc) is 2.92. The van der Waals surface area contributed by atoms with Crippen LogP contribution in [-0.2, 0) is 11.2 Å². The zero-order chi connectivity index (χ0) is 17.3. The highest BCUT2D eigenvalue weighted by atomic mass is 32.2. The monoisotopic (exact) mass is 361 g/mol. The summed E-state index contributed by atoms with van der Waals surface area (Å²) in [6, 6.07) is 9.71. The van der Waals surface area contributed by atoms with Gasteiger partial charge in [0.25, 0.3) is 5.56 Å². The first kappa shape index (κ1) is 16.7. The second-order valence-electron chi connectivity index (χ2n) is 5.24. The third-order valence-electron chi connectivity index (χ3n) is 3.60. The average molecular weight is 361 g/mol. The summed E-state index contributed by atoms with van der Waals surface area (Å²) in [6.45, 7) is 1.83. The molecule has 0 spiro atoms. The molecule has 1 aromatic carbocycles. The first-order valence-electron chi connectivity index (χ1n) is 7.18. The van der Waals surface area contributed by atoms with E-state index in [9.17, 15) is 14.1 Å². The van der Waals surface area contributed by atoms with Crippen LogP contribution < -0.4 is 10.9 Å². The molecule has 0 bridgehead atoms. The van der Waals surface area contributed by atoms with Gasteiger partial charge in [-0.1, -0.05) is 12.1 Å². The molecule has 0 radical (unpaired) electrons. The third kappa shape index (κ3) is 3.21. The fraction of sp³-hybridized carbons (Fsp3) is 0.188. The Balaban J connectivity index is 1.80. The van der Waals surface area contributed by atoms with Crippen LogP contribution in [0.25, 0.3) is 10.2 Å². The highest BCUT2D eigenvalue weighted by molar-refractivity contribution is 7.90. The second-order valence-corrected chi connectivity index (χ2v) is 7.56. The molecule has 1 amide bonds. The Bertz CT molecular complexity index is 932. The molecular formula is C16H15N3O3S2. The fourth-order valence-electron chi connectivity index (χ4n) is 2.27. The number of aromatic nitrogens is 2. The van der Waals surface area contributed by atoms with Gasteiger partial charge in [0.2, 0.25) is 0 Å². The molecule has 24 heavy (non-hydrogen) atoms. The van der Waals surface area contributed by atoms with Gasteiger partial charge in [0.1, 0.15) is 11.1 Å². The summed E-state index contributed by atoms with van der Waals surface area (Å²) in [6.07, 6.45) is 3.20. The van der Waals surface area contributed by atoms with E-state index in [1.165, 1.54) is 0 Å². The maximum atomic E-state index is 12.4. The van der Waals surface area contributed by atoms with E-state index in [4.69, 9.17) is 0 Å². The van der Waals surface area contributed by atoms with Crippen molar-refractivity contribution in [3.8, 4) is 0 Å². The molecule has 2 unspecified atom stereocenters. The number of hydrogen-bond donors (Lipinski definition) is 1. The van der Waals surface area contributed by atoms with E-state index >= 15 is 0 Å². The summed E-state index contributed by atoms with van der Waals surface area (Å²) in [7, 11) is 0. The van der Waals surface area contributed by atoms with Crippen molar-refractivity contribution in [1.29, 1.82) is 0 Å². The standard InChI is InChI=1S/C16H15N3O3S2/c1-10(11-5-7-12(8-6-11)24(2)22)18-16(21)19-15(20)13-4-3-9-17-14(13)23-19/h3-10H,1-2H3,(H,18,21). The molecular weight excluding hydrogens is 346 g/mol. The topological polar surface area (TPSA) is 87.0 Å². The van der Waals surface area contributed by atoms with Crippen LogP contribution in [-0.4, -0.2) is 25.8 Å². The fourth-order valence-corrected chi connectivity index (χ4v) is 3.64. The molecule has 2 heterocycles. The zero-order valence-electron chi connectivity index (χ0n) is 13.1. The van der Waals surface area contributed by atoms with Crippen molar-refractivity contribution in [2.24, 2.45) is 0 Å². The van der Waals surface area contributed by atoms with E-state index in [0.717, 1.165) is 25.9 Å². The molecule has 0 aliphatic heterocycles. The first-order chi connectivity index (χ1) is 11.5. The molecule has 2 atom stereocenters. The highest BCUT2D eigenvalue weighted by Gasteiger charge is 2.17. The molecule has 124 valence electrons. The number of pyridine rings is 1. The van der Waals surface area contributed by atoms with Gasteiger partial charge >= 0.3 is 6.03 Å². The van der Waals surface area contributed by atoms with Gasteiger partial charge < -0.3 is 9.87 Å². The molecule has 3 rings (SSSR count). The first-order valence-corrected chi connectivity index (χ1v) is 9.52. The van der Waals surface area contributed by atoms with Crippen LogP contribution in [0, 0.1) is 0 Å². The lowest BCUT2D eigenvalue weighted by atomic mass is 10.1. The Kier molecular flexibility index (Phi) is 4.70. The Hall–Kier alpha value is -2.16. The van der Waals surface area contributed by atoms with Crippen molar-refractivity contribution in [2.45, 2.75) is 17.9 Å². The zero-order valence-corrected chi connectivity index (χ0v) is 14.7. The molecule has 1 N–H and O–H groups in total. The second kappa shape index (κ2) is 6.76. The lowest BCUT2D eigenvalue weighted by molar-refractivity contribution is 0.241. The molecule has 0 saturated heterocycles. The number of nitrogens with zero attached hydrogens (tertiary/aromatic N) is 2. The smallest absolute Gasteiger partial charge is 0.338 e. The SMILES string of the molecule is CC(NC(=O)n1sc2ncccc2c1=O)c1ccc([S+](C)[O-])cc1. The van der Waals surface area contributed by atoms with Crippen LogP contribution in [0.15, 0.2) is 52.3 Å². The van der Waals surface area contributed by atoms with Crippen molar-refractivity contribution < 1.29 is 9.35 Å². The maximum absolute atomic E-state index is 12.4. The minimum Gasteiger partial charge on any atom is -0.612 e. The molecule has 0 aliphatic rings. The van der Waals surface area contributed by atoms with Gasteiger partial charge in [-0.3, -0.25) is 4.79 Å². The number of hydrogen-bond acceptors (Lipinski definition) is 5. The van der Waals surface area contributed by atoms with Crippen LogP contribution in [0.1, 0.15) is 18.5 Å². The van der Waals surface area contributed by atoms with Crippen LogP contribution in [0.3, 0.4) is 0 Å². The highest BCUT2D eigenvalue weighted by Crippen LogP contribution is 2.17. The van der Waals surface area contributed by atoms with Crippen molar-refractivity contribution in [3.63, 3.8) is 0 Å². The minimum atomic E-state index is -1.04. The number of carbonyl (C=O) groups is 1. The van der Waals surface area contributed by atoms with Gasteiger partial charge in [0, 0.05) is 6.20 Å². The lowest BCUT2D eigenvalue weighted by Crippen LogP contribution is -2.34. The van der Waals surface area contributed by atoms with Crippen LogP contribution in [0.5, 0.6) is 0 Å². The Morgan fingerprint density at radius 2 is 2.04 bits per heavy atom. The third-order valence-corrected chi connectivity index (χ3v) is 5.55. The lowest BCUT2D eigenvalue weighted by Gasteiger charge is -2.14. The molecule has 0 aliphatic carbocycles. The predicted octanol–water partition coefficient (Wildman–Crippen LogP) is 2.51. The van der Waals surface area contributed by atoms with E-state index in [0.29, 0.717) is 10.2 Å². The van der Waals surface area contributed by atoms with E-state index < -0.39 is 17.2 Å². The number of benzene rings is 1. The summed E-state index contributed by atoms with van der Waals surface area (Å²) in [5, 5.41) is 3.22. The Morgan fingerprint density at radius 1 is 1.33 bits per heavy atom. The Labute approximate surface area is 145 Å². The number of carbonyl (C=O) groups excluding carboxylic acids is 1. The van der Waals surface area contributed by atoms with Crippen LogP contribution in [0.2, 0.25) is 0 Å². The maximum Gasteiger partial charge on any atom is 0.338 e. The van der Waals surface area contributed by atoms with Gasteiger partial charge in [-0.15, -0.1) is 0 Å². The van der Waals surface area contributed by atoms with Crippen molar-refractivity contribution in [3.05, 3.63) is 58.5 Å². The van der Waals surface area contributed by atoms with Gasteiger partial charge in [-0.2, -0.15) is 3.96 Å². The molecule has 0 saturated carbocycles. The number of fused-ring (bicyclic) bond motifs is 1. The van der Waals surface area contributed by atoms with Crippen molar-refractivity contribution in [1.82, 2.24) is 14.3 Å². The van der Waals surface area contributed by atoms with Gasteiger partial charge in [-0.25, -0.2) is 9.78 Å². The minimum absolute atomic E-state index is 0.290. The van der Waals surface area contributed by atoms with Crippen molar-refractivity contribution in [2.75, 3.05) is 6.26 Å². The normalized spacial score (nSPS) is 13.6. The van der Waals surface area contributed by atoms with E-state index in [-0.39, 0.29) is 11.6 Å². The predicted molar refractivity (Wildman–Crippen MR) is 95.0 cm³/mol. The summed E-state index contributed by atoms with van der Waals surface area (Å²) in [5.41, 5.74) is 0.495. The van der Waals surface area contributed by atoms with E-state index in [2.05, 4.69) is 10.3 Å². The van der Waals surface area contributed by atoms with Gasteiger partial charge in [-0.05, 0) is 59.5 Å². The quantitative estimate of drug-likeness (QED) is 0.726.